The Hall–Kier alpha value is 0.690. The minimum Gasteiger partial charge on any atom is -0.365 e. The number of halogens is 6. The van der Waals surface area contributed by atoms with Crippen LogP contribution in [0.25, 0.3) is 0 Å². The van der Waals surface area contributed by atoms with Crippen molar-refractivity contribution in [3.05, 3.63) is 24.0 Å². The van der Waals surface area contributed by atoms with Gasteiger partial charge in [-0.05, 0) is 25.0 Å². The van der Waals surface area contributed by atoms with Crippen LogP contribution in [0.3, 0.4) is 0 Å². The molecule has 0 aliphatic heterocycles. The highest BCUT2D eigenvalue weighted by molar-refractivity contribution is 6.86. The van der Waals surface area contributed by atoms with Gasteiger partial charge in [-0.15, -0.1) is 0 Å². The van der Waals surface area contributed by atoms with Crippen LogP contribution in [0.1, 0.15) is 31.9 Å². The predicted octanol–water partition coefficient (Wildman–Crippen LogP) is 6.04. The molecule has 0 aliphatic carbocycles. The Morgan fingerprint density at radius 1 is 1.10 bits per heavy atom. The van der Waals surface area contributed by atoms with Gasteiger partial charge in [0.05, 0.1) is 0 Å². The number of aryl methyl sites for hydroxylation is 1. The zero-order valence-electron chi connectivity index (χ0n) is 10.7. The maximum absolute atomic E-state index is 10.7. The van der Waals surface area contributed by atoms with Crippen LogP contribution in [0.2, 0.25) is 0 Å². The fraction of sp³-hybridized carbons (Fsp3) is 0.583. The van der Waals surface area contributed by atoms with Crippen LogP contribution in [-0.4, -0.2) is 18.4 Å². The fourth-order valence-corrected chi connectivity index (χ4v) is 2.53. The molecular weight excluding hydrogens is 387 g/mol. The zero-order valence-corrected chi connectivity index (χ0v) is 15.3. The largest absolute Gasteiger partial charge is 0.365 e. The molecule has 1 aromatic heterocycles. The Kier molecular flexibility index (Phi) is 9.99. The molecule has 0 aliphatic rings. The highest BCUT2D eigenvalue weighted by Crippen LogP contribution is 2.39. The summed E-state index contributed by atoms with van der Waals surface area (Å²) in [6.07, 6.45) is 7.17. The molecule has 0 spiro atoms. The lowest BCUT2D eigenvalue weighted by Crippen LogP contribution is -2.31. The van der Waals surface area contributed by atoms with Gasteiger partial charge in [0.15, 0.2) is 0 Å². The molecule has 116 valence electrons. The Morgan fingerprint density at radius 3 is 1.95 bits per heavy atom. The van der Waals surface area contributed by atoms with E-state index in [-0.39, 0.29) is 0 Å². The summed E-state index contributed by atoms with van der Waals surface area (Å²) in [6.45, 7) is 2.23. The number of alkyl halides is 6. The molecule has 2 nitrogen and oxygen atoms in total. The molecule has 0 unspecified atom stereocenters. The Balaban J connectivity index is 0.000000361. The third kappa shape index (κ3) is 9.59. The first kappa shape index (κ1) is 20.7. The van der Waals surface area contributed by atoms with Gasteiger partial charge in [-0.2, -0.15) is 0 Å². The van der Waals surface area contributed by atoms with Gasteiger partial charge >= 0.3 is 0 Å². The molecule has 0 bridgehead atoms. The Morgan fingerprint density at radius 2 is 1.65 bits per heavy atom. The average Bonchev–Trinajstić information content (AvgIpc) is 2.80. The quantitative estimate of drug-likeness (QED) is 0.484. The molecule has 0 fully saturated rings. The average molecular weight is 402 g/mol. The maximum Gasteiger partial charge on any atom is 0.253 e. The van der Waals surface area contributed by atoms with Crippen molar-refractivity contribution in [3.8, 4) is 0 Å². The highest BCUT2D eigenvalue weighted by atomic mass is 35.6. The van der Waals surface area contributed by atoms with E-state index in [1.807, 2.05) is 6.20 Å². The van der Waals surface area contributed by atoms with E-state index in [2.05, 4.69) is 24.0 Å². The van der Waals surface area contributed by atoms with Crippen LogP contribution in [0.4, 0.5) is 0 Å². The number of Topliss-reactive ketones (excluding diaryl/α,β-unsaturated/α-hetero) is 1. The minimum atomic E-state index is -2.18. The number of hydrogen-bond donors (Lipinski definition) is 1. The number of H-pyrrole nitrogens is 1. The molecule has 0 aromatic carbocycles. The van der Waals surface area contributed by atoms with Gasteiger partial charge in [0.1, 0.15) is 0 Å². The predicted molar refractivity (Wildman–Crippen MR) is 89.6 cm³/mol. The van der Waals surface area contributed by atoms with Gasteiger partial charge in [-0.1, -0.05) is 89.4 Å². The van der Waals surface area contributed by atoms with Crippen LogP contribution in [0.5, 0.6) is 0 Å². The first-order chi connectivity index (χ1) is 9.09. The van der Waals surface area contributed by atoms with Crippen molar-refractivity contribution in [1.82, 2.24) is 4.98 Å². The van der Waals surface area contributed by atoms with E-state index in [1.165, 1.54) is 31.4 Å². The fourth-order valence-electron chi connectivity index (χ4n) is 1.25. The summed E-state index contributed by atoms with van der Waals surface area (Å²) in [5.74, 6) is -1.09. The summed E-state index contributed by atoms with van der Waals surface area (Å²) >= 11 is 30.6. The van der Waals surface area contributed by atoms with Crippen molar-refractivity contribution in [2.24, 2.45) is 0 Å². The van der Waals surface area contributed by atoms with Crippen molar-refractivity contribution < 1.29 is 4.79 Å². The van der Waals surface area contributed by atoms with E-state index in [9.17, 15) is 4.79 Å². The van der Waals surface area contributed by atoms with Crippen LogP contribution in [0.15, 0.2) is 18.3 Å². The molecule has 0 saturated heterocycles. The third-order valence-corrected chi connectivity index (χ3v) is 3.26. The minimum absolute atomic E-state index is 1.09. The maximum atomic E-state index is 10.7. The number of nitrogens with one attached hydrogen (secondary N) is 1. The number of aromatic nitrogens is 1. The van der Waals surface area contributed by atoms with Crippen LogP contribution in [0, 0.1) is 0 Å². The highest BCUT2D eigenvalue weighted by Gasteiger charge is 2.44. The topological polar surface area (TPSA) is 32.9 Å². The van der Waals surface area contributed by atoms with Crippen LogP contribution >= 0.6 is 69.6 Å². The van der Waals surface area contributed by atoms with Gasteiger partial charge in [-0.3, -0.25) is 4.79 Å². The van der Waals surface area contributed by atoms with Gasteiger partial charge in [0.2, 0.25) is 5.78 Å². The molecule has 1 heterocycles. The smallest absolute Gasteiger partial charge is 0.253 e. The molecule has 1 aromatic rings. The standard InChI is InChI=1S/C9H15N.C3Cl6O/c1-2-3-4-6-9-7-5-8-10-9;4-2(5,6)1(10)3(7,8)9/h5,7-8,10H,2-4,6H2,1H3;. The van der Waals surface area contributed by atoms with Gasteiger partial charge in [0.25, 0.3) is 7.59 Å². The van der Waals surface area contributed by atoms with E-state index >= 15 is 0 Å². The number of unbranched alkanes of at least 4 members (excludes halogenated alkanes) is 2. The van der Waals surface area contributed by atoms with Crippen molar-refractivity contribution in [3.63, 3.8) is 0 Å². The van der Waals surface area contributed by atoms with E-state index in [1.54, 1.807) is 0 Å². The lowest BCUT2D eigenvalue weighted by molar-refractivity contribution is -0.117. The van der Waals surface area contributed by atoms with Crippen molar-refractivity contribution in [1.29, 1.82) is 0 Å². The molecule has 8 heteroatoms. The van der Waals surface area contributed by atoms with E-state index in [0.29, 0.717) is 0 Å². The molecule has 0 saturated carbocycles. The van der Waals surface area contributed by atoms with Crippen molar-refractivity contribution in [2.75, 3.05) is 0 Å². The molecule has 1 N–H and O–H groups in total. The van der Waals surface area contributed by atoms with E-state index in [0.717, 1.165) is 0 Å². The van der Waals surface area contributed by atoms with Crippen molar-refractivity contribution in [2.45, 2.75) is 40.2 Å². The summed E-state index contributed by atoms with van der Waals surface area (Å²) < 4.78 is -4.35. The SMILES string of the molecule is CCCCCc1ccc[nH]1.O=C(C(Cl)(Cl)Cl)C(Cl)(Cl)Cl. The van der Waals surface area contributed by atoms with E-state index < -0.39 is 13.4 Å². The lowest BCUT2D eigenvalue weighted by atomic mass is 10.2. The molecule has 1 rings (SSSR count). The summed E-state index contributed by atoms with van der Waals surface area (Å²) in [5.41, 5.74) is 1.37. The Labute approximate surface area is 149 Å². The van der Waals surface area contributed by atoms with Gasteiger partial charge < -0.3 is 4.98 Å². The van der Waals surface area contributed by atoms with Gasteiger partial charge in [-0.25, -0.2) is 0 Å². The third-order valence-electron chi connectivity index (χ3n) is 2.23. The second kappa shape index (κ2) is 9.66. The Bertz CT molecular complexity index is 364. The number of carbonyl (C=O) groups is 1. The first-order valence-corrected chi connectivity index (χ1v) is 8.16. The molecule has 0 radical (unpaired) electrons. The molecule has 20 heavy (non-hydrogen) atoms. The zero-order chi connectivity index (χ0) is 15.8. The van der Waals surface area contributed by atoms with E-state index in [4.69, 9.17) is 69.6 Å². The summed E-state index contributed by atoms with van der Waals surface area (Å²) in [4.78, 5) is 13.9. The molecule has 0 amide bonds. The van der Waals surface area contributed by atoms with Gasteiger partial charge in [0, 0.05) is 11.9 Å². The lowest BCUT2D eigenvalue weighted by Gasteiger charge is -2.14. The normalized spacial score (nSPS) is 11.8. The first-order valence-electron chi connectivity index (χ1n) is 5.89. The van der Waals surface area contributed by atoms with Crippen molar-refractivity contribution >= 4 is 75.4 Å². The number of carbonyl (C=O) groups excluding carboxylic acids is 1. The second-order valence-electron chi connectivity index (χ2n) is 3.98. The monoisotopic (exact) mass is 399 g/mol. The molecule has 0 atom stereocenters. The van der Waals surface area contributed by atoms with Crippen LogP contribution < -0.4 is 0 Å². The summed E-state index contributed by atoms with van der Waals surface area (Å²) in [6, 6.07) is 4.21. The number of ketones is 1. The summed E-state index contributed by atoms with van der Waals surface area (Å²) in [5, 5.41) is 0. The number of hydrogen-bond acceptors (Lipinski definition) is 1. The second-order valence-corrected chi connectivity index (χ2v) is 8.54. The van der Waals surface area contributed by atoms with Crippen LogP contribution in [-0.2, 0) is 11.2 Å². The number of rotatable bonds is 4. The summed E-state index contributed by atoms with van der Waals surface area (Å²) in [7, 11) is 0. The molecular formula is C12H15Cl6NO. The number of aromatic amines is 1.